The molecule has 1 saturated heterocycles. The molecular weight excluding hydrogens is 754 g/mol. The van der Waals surface area contributed by atoms with Gasteiger partial charge >= 0.3 is 12.4 Å². The van der Waals surface area contributed by atoms with Crippen molar-refractivity contribution in [3.05, 3.63) is 82.5 Å². The zero-order chi connectivity index (χ0) is 40.3. The summed E-state index contributed by atoms with van der Waals surface area (Å²) >= 11 is 0. The summed E-state index contributed by atoms with van der Waals surface area (Å²) < 4.78 is 122. The van der Waals surface area contributed by atoms with E-state index in [1.807, 2.05) is 0 Å². The van der Waals surface area contributed by atoms with Gasteiger partial charge in [-0.15, -0.1) is 0 Å². The van der Waals surface area contributed by atoms with Gasteiger partial charge in [0.05, 0.1) is 48.8 Å². The number of amides is 2. The molecule has 3 aromatic rings. The minimum atomic E-state index is -5.00. The smallest absolute Gasteiger partial charge is 0.433 e. The molecule has 1 aromatic heterocycles. The van der Waals surface area contributed by atoms with E-state index < -0.39 is 106 Å². The number of benzene rings is 2. The summed E-state index contributed by atoms with van der Waals surface area (Å²) in [5.41, 5.74) is -7.19. The first-order valence-corrected chi connectivity index (χ1v) is 16.8. The molecule has 0 unspecified atom stereocenters. The fourth-order valence-corrected chi connectivity index (χ4v) is 6.16. The van der Waals surface area contributed by atoms with Crippen LogP contribution >= 0.6 is 0 Å². The van der Waals surface area contributed by atoms with Crippen molar-refractivity contribution in [3.63, 3.8) is 0 Å². The Kier molecular flexibility index (Phi) is 12.3. The molecule has 0 saturated carbocycles. The quantitative estimate of drug-likeness (QED) is 0.0928. The fraction of sp³-hybridized carbons (Fsp3) is 0.429. The van der Waals surface area contributed by atoms with Gasteiger partial charge in [0.1, 0.15) is 29.5 Å². The Morgan fingerprint density at radius 2 is 1.75 bits per heavy atom. The van der Waals surface area contributed by atoms with Gasteiger partial charge in [0, 0.05) is 24.3 Å². The summed E-state index contributed by atoms with van der Waals surface area (Å²) in [6.45, 7) is 0.659. The van der Waals surface area contributed by atoms with Crippen molar-refractivity contribution in [1.82, 2.24) is 20.0 Å². The average molecular weight is 790 g/mol. The highest BCUT2D eigenvalue weighted by atomic mass is 19.4. The third-order valence-electron chi connectivity index (χ3n) is 9.05. The zero-order valence-corrected chi connectivity index (χ0v) is 29.0. The SMILES string of the molecule is C[C@]12CCCN1N(Cc1ccc(OCCCCOC[C@H](O)CO)c(F)c1F)C(=O)C(C(=O)Nc1ccc(C(F)(F)F)cc1-c1cc(C(F)(F)F)ncn1)=C2O. The number of fused-ring (bicyclic) bond motifs is 1. The highest BCUT2D eigenvalue weighted by molar-refractivity contribution is 6.24. The van der Waals surface area contributed by atoms with Crippen LogP contribution in [0.3, 0.4) is 0 Å². The van der Waals surface area contributed by atoms with Crippen LogP contribution in [-0.4, -0.2) is 91.7 Å². The lowest BCUT2D eigenvalue weighted by molar-refractivity contribution is -0.160. The maximum Gasteiger partial charge on any atom is 0.433 e. The van der Waals surface area contributed by atoms with Crippen LogP contribution in [0.5, 0.6) is 5.75 Å². The van der Waals surface area contributed by atoms with Crippen molar-refractivity contribution in [3.8, 4) is 17.0 Å². The summed E-state index contributed by atoms with van der Waals surface area (Å²) in [5.74, 6) is -6.41. The Hall–Kier alpha value is -4.92. The average Bonchev–Trinajstić information content (AvgIpc) is 3.54. The van der Waals surface area contributed by atoms with E-state index in [1.165, 1.54) is 11.9 Å². The summed E-state index contributed by atoms with van der Waals surface area (Å²) in [6.07, 6.45) is -9.12. The number of hydrazine groups is 1. The number of ether oxygens (including phenoxy) is 2. The molecule has 20 heteroatoms. The number of rotatable bonds is 14. The number of carbonyl (C=O) groups excluding carboxylic acids is 2. The zero-order valence-electron chi connectivity index (χ0n) is 29.0. The molecule has 0 radical (unpaired) electrons. The van der Waals surface area contributed by atoms with Gasteiger partial charge in [-0.1, -0.05) is 6.07 Å². The van der Waals surface area contributed by atoms with Crippen LogP contribution in [0.1, 0.15) is 49.4 Å². The highest BCUT2D eigenvalue weighted by Gasteiger charge is 2.53. The number of aromatic nitrogens is 2. The number of hydrogen-bond donors (Lipinski definition) is 4. The first-order valence-electron chi connectivity index (χ1n) is 16.8. The van der Waals surface area contributed by atoms with Crippen LogP contribution in [0.4, 0.5) is 40.8 Å². The molecule has 298 valence electrons. The molecule has 12 nitrogen and oxygen atoms in total. The van der Waals surface area contributed by atoms with Crippen LogP contribution in [0.25, 0.3) is 11.3 Å². The van der Waals surface area contributed by atoms with Crippen LogP contribution in [-0.2, 0) is 33.2 Å². The lowest BCUT2D eigenvalue weighted by atomic mass is 9.90. The Bertz CT molecular complexity index is 1940. The Morgan fingerprint density at radius 3 is 2.44 bits per heavy atom. The van der Waals surface area contributed by atoms with Gasteiger partial charge in [0.25, 0.3) is 11.8 Å². The van der Waals surface area contributed by atoms with Crippen LogP contribution < -0.4 is 10.1 Å². The predicted octanol–water partition coefficient (Wildman–Crippen LogP) is 5.55. The van der Waals surface area contributed by atoms with E-state index in [1.54, 1.807) is 0 Å². The minimum Gasteiger partial charge on any atom is -0.509 e. The third kappa shape index (κ3) is 8.98. The van der Waals surface area contributed by atoms with Crippen molar-refractivity contribution in [2.24, 2.45) is 0 Å². The molecule has 2 aliphatic rings. The highest BCUT2D eigenvalue weighted by Crippen LogP contribution is 2.43. The van der Waals surface area contributed by atoms with Gasteiger partial charge in [-0.2, -0.15) is 30.7 Å². The van der Waals surface area contributed by atoms with E-state index in [2.05, 4.69) is 15.3 Å². The topological polar surface area (TPSA) is 158 Å². The van der Waals surface area contributed by atoms with Crippen LogP contribution in [0, 0.1) is 11.6 Å². The molecule has 2 aromatic carbocycles. The van der Waals surface area contributed by atoms with Crippen molar-refractivity contribution < 1.29 is 69.5 Å². The van der Waals surface area contributed by atoms with Gasteiger partial charge in [-0.25, -0.2) is 19.4 Å². The molecule has 2 aliphatic heterocycles. The summed E-state index contributed by atoms with van der Waals surface area (Å²) in [5, 5.41) is 33.9. The molecule has 2 amide bonds. The van der Waals surface area contributed by atoms with Crippen molar-refractivity contribution in [1.29, 1.82) is 0 Å². The van der Waals surface area contributed by atoms with Gasteiger partial charge in [-0.3, -0.25) is 14.6 Å². The van der Waals surface area contributed by atoms with Crippen molar-refractivity contribution >= 4 is 17.5 Å². The maximum absolute atomic E-state index is 15.4. The van der Waals surface area contributed by atoms with Crippen molar-refractivity contribution in [2.75, 3.05) is 38.3 Å². The number of carbonyl (C=O) groups is 2. The normalized spacial score (nSPS) is 18.5. The number of alkyl halides is 6. The molecular formula is C35H35F8N5O7. The van der Waals surface area contributed by atoms with E-state index >= 15 is 8.78 Å². The second kappa shape index (κ2) is 16.4. The van der Waals surface area contributed by atoms with E-state index in [-0.39, 0.29) is 38.3 Å². The summed E-state index contributed by atoms with van der Waals surface area (Å²) in [6, 6.07) is 4.42. The molecule has 55 heavy (non-hydrogen) atoms. The number of hydrogen-bond acceptors (Lipinski definition) is 10. The van der Waals surface area contributed by atoms with Crippen molar-refractivity contribution in [2.45, 2.75) is 63.1 Å². The molecule has 0 spiro atoms. The third-order valence-corrected chi connectivity index (χ3v) is 9.05. The van der Waals surface area contributed by atoms with E-state index in [0.29, 0.717) is 43.8 Å². The Morgan fingerprint density at radius 1 is 1.02 bits per heavy atom. The first kappa shape index (κ1) is 41.2. The van der Waals surface area contributed by atoms with Gasteiger partial charge in [0.2, 0.25) is 5.82 Å². The number of anilines is 1. The summed E-state index contributed by atoms with van der Waals surface area (Å²) in [4.78, 5) is 34.5. The Labute approximate surface area is 308 Å². The number of nitrogens with one attached hydrogen (secondary N) is 1. The number of halogens is 8. The first-order chi connectivity index (χ1) is 25.9. The molecule has 0 aliphatic carbocycles. The lowest BCUT2D eigenvalue weighted by Gasteiger charge is -2.46. The standard InChI is InChI=1S/C35H35F8N5O7/c1-33-9-4-10-48(33)47(15-19-5-8-25(29(37)28(19)36)55-12-3-2-11-54-17-21(50)16-49)32(53)27(30(33)51)31(52)46-23-7-6-20(34(38,39)40)13-22(23)24-14-26(35(41,42)43)45-18-44-24/h5-8,13-14,18,21,49-51H,2-4,9-12,15-17H2,1H3,(H,46,52)/t21-,33-/m1/s1. The Balaban J connectivity index is 1.39. The van der Waals surface area contributed by atoms with Crippen LogP contribution in [0.2, 0.25) is 0 Å². The predicted molar refractivity (Wildman–Crippen MR) is 176 cm³/mol. The second-order valence-electron chi connectivity index (χ2n) is 12.9. The molecule has 4 N–H and O–H groups in total. The number of aliphatic hydroxyl groups excluding tert-OH is 3. The van der Waals surface area contributed by atoms with Gasteiger partial charge < -0.3 is 30.1 Å². The summed E-state index contributed by atoms with van der Waals surface area (Å²) in [7, 11) is 0. The van der Waals surface area contributed by atoms with E-state index in [9.17, 15) is 46.1 Å². The molecule has 0 bridgehead atoms. The van der Waals surface area contributed by atoms with Gasteiger partial charge in [0.15, 0.2) is 11.6 Å². The van der Waals surface area contributed by atoms with E-state index in [4.69, 9.17) is 14.6 Å². The monoisotopic (exact) mass is 789 g/mol. The number of unbranched alkanes of at least 4 members (excludes halogenated alkanes) is 1. The second-order valence-corrected chi connectivity index (χ2v) is 12.9. The van der Waals surface area contributed by atoms with Gasteiger partial charge in [-0.05, 0) is 62.9 Å². The van der Waals surface area contributed by atoms with E-state index in [0.717, 1.165) is 23.2 Å². The molecule has 2 atom stereocenters. The number of aliphatic hydroxyl groups is 3. The largest absolute Gasteiger partial charge is 0.509 e. The minimum absolute atomic E-state index is 0.0255. The van der Waals surface area contributed by atoms with Crippen LogP contribution in [0.15, 0.2) is 54.1 Å². The lowest BCUT2D eigenvalue weighted by Crippen LogP contribution is -2.60. The molecule has 1 fully saturated rings. The molecule has 3 heterocycles. The number of nitrogens with zero attached hydrogens (tertiary/aromatic N) is 4. The molecule has 5 rings (SSSR count). The maximum atomic E-state index is 15.4. The fourth-order valence-electron chi connectivity index (χ4n) is 6.16.